The quantitative estimate of drug-likeness (QED) is 0.692. The van der Waals surface area contributed by atoms with Gasteiger partial charge in [-0.15, -0.1) is 0 Å². The summed E-state index contributed by atoms with van der Waals surface area (Å²) < 4.78 is 13.6. The number of carbonyl (C=O) groups is 1. The van der Waals surface area contributed by atoms with Gasteiger partial charge in [-0.1, -0.05) is 18.2 Å². The monoisotopic (exact) mass is 288 g/mol. The highest BCUT2D eigenvalue weighted by Crippen LogP contribution is 2.30. The lowest BCUT2D eigenvalue weighted by Crippen LogP contribution is -2.16. The van der Waals surface area contributed by atoms with Gasteiger partial charge in [-0.3, -0.25) is 14.9 Å². The summed E-state index contributed by atoms with van der Waals surface area (Å²) in [5.41, 5.74) is 1.09. The molecule has 0 spiro atoms. The second-order valence-electron chi connectivity index (χ2n) is 4.59. The maximum atomic E-state index is 13.6. The molecule has 0 atom stereocenters. The summed E-state index contributed by atoms with van der Waals surface area (Å²) in [5.74, 6) is -1.40. The minimum absolute atomic E-state index is 0.0910. The summed E-state index contributed by atoms with van der Waals surface area (Å²) >= 11 is 0. The number of hydrogen-bond acceptors (Lipinski definition) is 3. The number of nitrogens with zero attached hydrogens (tertiary/aromatic N) is 1. The molecule has 0 aliphatic rings. The SMILES string of the molecule is Cc1ccc([N+](=O)[O-])c(NC(=O)c2ccccc2F)c1C. The van der Waals surface area contributed by atoms with Gasteiger partial charge in [0, 0.05) is 6.07 Å². The smallest absolute Gasteiger partial charge is 0.293 e. The number of hydrogen-bond donors (Lipinski definition) is 1. The second kappa shape index (κ2) is 5.70. The molecule has 5 nitrogen and oxygen atoms in total. The van der Waals surface area contributed by atoms with E-state index in [1.807, 2.05) is 0 Å². The van der Waals surface area contributed by atoms with E-state index < -0.39 is 16.6 Å². The van der Waals surface area contributed by atoms with Crippen LogP contribution in [0.4, 0.5) is 15.8 Å². The predicted molar refractivity (Wildman–Crippen MR) is 76.9 cm³/mol. The minimum atomic E-state index is -0.718. The molecule has 0 aromatic heterocycles. The second-order valence-corrected chi connectivity index (χ2v) is 4.59. The van der Waals surface area contributed by atoms with Crippen molar-refractivity contribution in [1.29, 1.82) is 0 Å². The maximum absolute atomic E-state index is 13.6. The van der Waals surface area contributed by atoms with Crippen LogP contribution in [0.15, 0.2) is 36.4 Å². The highest BCUT2D eigenvalue weighted by atomic mass is 19.1. The van der Waals surface area contributed by atoms with Crippen LogP contribution in [-0.2, 0) is 0 Å². The number of rotatable bonds is 3. The molecular formula is C15H13FN2O3. The number of benzene rings is 2. The Morgan fingerprint density at radius 1 is 1.19 bits per heavy atom. The maximum Gasteiger partial charge on any atom is 0.293 e. The van der Waals surface area contributed by atoms with E-state index in [2.05, 4.69) is 5.32 Å². The van der Waals surface area contributed by atoms with Crippen LogP contribution in [-0.4, -0.2) is 10.8 Å². The van der Waals surface area contributed by atoms with Crippen molar-refractivity contribution in [2.75, 3.05) is 5.32 Å². The van der Waals surface area contributed by atoms with Crippen LogP contribution >= 0.6 is 0 Å². The molecule has 0 fully saturated rings. The molecular weight excluding hydrogens is 275 g/mol. The first kappa shape index (κ1) is 14.6. The van der Waals surface area contributed by atoms with E-state index >= 15 is 0 Å². The first-order valence-electron chi connectivity index (χ1n) is 6.22. The molecule has 0 saturated heterocycles. The van der Waals surface area contributed by atoms with Crippen molar-refractivity contribution in [3.05, 3.63) is 69.0 Å². The van der Waals surface area contributed by atoms with E-state index in [4.69, 9.17) is 0 Å². The van der Waals surface area contributed by atoms with E-state index in [1.54, 1.807) is 19.9 Å². The van der Waals surface area contributed by atoms with Crippen molar-refractivity contribution in [3.63, 3.8) is 0 Å². The fraction of sp³-hybridized carbons (Fsp3) is 0.133. The molecule has 0 saturated carbocycles. The number of amides is 1. The van der Waals surface area contributed by atoms with Gasteiger partial charge in [0.25, 0.3) is 11.6 Å². The predicted octanol–water partition coefficient (Wildman–Crippen LogP) is 3.60. The number of carbonyl (C=O) groups excluding carboxylic acids is 1. The number of nitro groups is 1. The van der Waals surface area contributed by atoms with Crippen molar-refractivity contribution < 1.29 is 14.1 Å². The molecule has 1 amide bonds. The van der Waals surface area contributed by atoms with E-state index in [1.165, 1.54) is 24.3 Å². The fourth-order valence-corrected chi connectivity index (χ4v) is 1.94. The van der Waals surface area contributed by atoms with Crippen LogP contribution in [0.3, 0.4) is 0 Å². The average Bonchev–Trinajstić information content (AvgIpc) is 2.44. The molecule has 6 heteroatoms. The lowest BCUT2D eigenvalue weighted by atomic mass is 10.1. The Morgan fingerprint density at radius 3 is 2.48 bits per heavy atom. The Morgan fingerprint density at radius 2 is 1.86 bits per heavy atom. The lowest BCUT2D eigenvalue weighted by Gasteiger charge is -2.11. The third-order valence-electron chi connectivity index (χ3n) is 3.27. The highest BCUT2D eigenvalue weighted by Gasteiger charge is 2.21. The highest BCUT2D eigenvalue weighted by molar-refractivity contribution is 6.06. The number of nitro benzene ring substituents is 1. The van der Waals surface area contributed by atoms with Gasteiger partial charge < -0.3 is 5.32 Å². The molecule has 108 valence electrons. The van der Waals surface area contributed by atoms with Gasteiger partial charge in [-0.25, -0.2) is 4.39 Å². The molecule has 0 bridgehead atoms. The average molecular weight is 288 g/mol. The summed E-state index contributed by atoms with van der Waals surface area (Å²) in [4.78, 5) is 22.6. The van der Waals surface area contributed by atoms with Crippen molar-refractivity contribution in [1.82, 2.24) is 0 Å². The number of halogens is 1. The minimum Gasteiger partial charge on any atom is -0.316 e. The van der Waals surface area contributed by atoms with Gasteiger partial charge in [0.15, 0.2) is 0 Å². The van der Waals surface area contributed by atoms with Crippen molar-refractivity contribution in [2.24, 2.45) is 0 Å². The van der Waals surface area contributed by atoms with Crippen LogP contribution < -0.4 is 5.32 Å². The first-order valence-corrected chi connectivity index (χ1v) is 6.22. The molecule has 2 rings (SSSR count). The molecule has 2 aromatic rings. The molecule has 0 aliphatic heterocycles. The van der Waals surface area contributed by atoms with Crippen LogP contribution in [0.1, 0.15) is 21.5 Å². The van der Waals surface area contributed by atoms with Crippen LogP contribution in [0, 0.1) is 29.8 Å². The normalized spacial score (nSPS) is 10.2. The molecule has 0 radical (unpaired) electrons. The van der Waals surface area contributed by atoms with Crippen molar-refractivity contribution >= 4 is 17.3 Å². The Labute approximate surface area is 120 Å². The molecule has 0 aliphatic carbocycles. The topological polar surface area (TPSA) is 72.2 Å². The van der Waals surface area contributed by atoms with Crippen molar-refractivity contribution in [2.45, 2.75) is 13.8 Å². The molecule has 21 heavy (non-hydrogen) atoms. The zero-order valence-electron chi connectivity index (χ0n) is 11.5. The lowest BCUT2D eigenvalue weighted by molar-refractivity contribution is -0.384. The summed E-state index contributed by atoms with van der Waals surface area (Å²) in [6.07, 6.45) is 0. The third kappa shape index (κ3) is 2.89. The zero-order chi connectivity index (χ0) is 15.6. The van der Waals surface area contributed by atoms with E-state index in [9.17, 15) is 19.3 Å². The number of aryl methyl sites for hydroxylation is 1. The first-order chi connectivity index (χ1) is 9.91. The van der Waals surface area contributed by atoms with E-state index in [0.29, 0.717) is 5.56 Å². The molecule has 0 unspecified atom stereocenters. The molecule has 2 aromatic carbocycles. The van der Waals surface area contributed by atoms with Crippen LogP contribution in [0.2, 0.25) is 0 Å². The van der Waals surface area contributed by atoms with Gasteiger partial charge in [0.2, 0.25) is 0 Å². The van der Waals surface area contributed by atoms with Gasteiger partial charge >= 0.3 is 0 Å². The van der Waals surface area contributed by atoms with Gasteiger partial charge in [0.1, 0.15) is 11.5 Å². The molecule has 0 heterocycles. The summed E-state index contributed by atoms with van der Waals surface area (Å²) in [6, 6.07) is 8.39. The van der Waals surface area contributed by atoms with Gasteiger partial charge in [-0.05, 0) is 37.1 Å². The Balaban J connectivity index is 2.44. The van der Waals surface area contributed by atoms with Crippen molar-refractivity contribution in [3.8, 4) is 0 Å². The Kier molecular flexibility index (Phi) is 3.98. The summed E-state index contributed by atoms with van der Waals surface area (Å²) in [7, 11) is 0. The zero-order valence-corrected chi connectivity index (χ0v) is 11.5. The van der Waals surface area contributed by atoms with E-state index in [0.717, 1.165) is 11.6 Å². The Bertz CT molecular complexity index is 729. The third-order valence-corrected chi connectivity index (χ3v) is 3.27. The van der Waals surface area contributed by atoms with E-state index in [-0.39, 0.29) is 16.9 Å². The fourth-order valence-electron chi connectivity index (χ4n) is 1.94. The van der Waals surface area contributed by atoms with Gasteiger partial charge in [0.05, 0.1) is 10.5 Å². The number of anilines is 1. The molecule has 1 N–H and O–H groups in total. The standard InChI is InChI=1S/C15H13FN2O3/c1-9-7-8-13(18(20)21)14(10(9)2)17-15(19)11-5-3-4-6-12(11)16/h3-8H,1-2H3,(H,17,19). The van der Waals surface area contributed by atoms with Crippen LogP contribution in [0.25, 0.3) is 0 Å². The largest absolute Gasteiger partial charge is 0.316 e. The Hall–Kier alpha value is -2.76. The summed E-state index contributed by atoms with van der Waals surface area (Å²) in [5, 5.41) is 13.5. The summed E-state index contributed by atoms with van der Waals surface area (Å²) in [6.45, 7) is 3.44. The van der Waals surface area contributed by atoms with Gasteiger partial charge in [-0.2, -0.15) is 0 Å². The number of nitrogens with one attached hydrogen (secondary N) is 1. The van der Waals surface area contributed by atoms with Crippen LogP contribution in [0.5, 0.6) is 0 Å².